The Morgan fingerprint density at radius 3 is 2.55 bits per heavy atom. The Hall–Kier alpha value is -2.14. The zero-order valence-corrected chi connectivity index (χ0v) is 13.4. The molecule has 22 heavy (non-hydrogen) atoms. The van der Waals surface area contributed by atoms with Crippen molar-refractivity contribution < 1.29 is 4.79 Å². The second-order valence-electron chi connectivity index (χ2n) is 6.53. The molecule has 0 saturated carbocycles. The van der Waals surface area contributed by atoms with Crippen molar-refractivity contribution in [3.05, 3.63) is 53.9 Å². The summed E-state index contributed by atoms with van der Waals surface area (Å²) in [4.78, 5) is 12.1. The number of hydrogen-bond acceptors (Lipinski definition) is 3. The van der Waals surface area contributed by atoms with Crippen molar-refractivity contribution in [2.24, 2.45) is 11.1 Å². The van der Waals surface area contributed by atoms with E-state index in [4.69, 9.17) is 5.73 Å². The maximum absolute atomic E-state index is 12.1. The molecule has 1 aromatic heterocycles. The number of carbonyl (C=O) groups is 1. The summed E-state index contributed by atoms with van der Waals surface area (Å²) in [6.07, 6.45) is 3.68. The maximum Gasteiger partial charge on any atom is 0.237 e. The molecule has 0 bridgehead atoms. The molecule has 0 aliphatic heterocycles. The van der Waals surface area contributed by atoms with Gasteiger partial charge in [0, 0.05) is 18.9 Å². The fourth-order valence-corrected chi connectivity index (χ4v) is 2.14. The van der Waals surface area contributed by atoms with Gasteiger partial charge < -0.3 is 11.1 Å². The van der Waals surface area contributed by atoms with Crippen LogP contribution in [0.3, 0.4) is 0 Å². The predicted octanol–water partition coefficient (Wildman–Crippen LogP) is 1.92. The van der Waals surface area contributed by atoms with Gasteiger partial charge >= 0.3 is 0 Å². The van der Waals surface area contributed by atoms with Crippen molar-refractivity contribution >= 4 is 5.91 Å². The molecule has 0 fully saturated rings. The lowest BCUT2D eigenvalue weighted by atomic mass is 9.87. The normalized spacial score (nSPS) is 12.9. The molecule has 118 valence electrons. The number of nitrogens with two attached hydrogens (primary N) is 1. The van der Waals surface area contributed by atoms with Gasteiger partial charge in [0.2, 0.25) is 5.91 Å². The van der Waals surface area contributed by atoms with Gasteiger partial charge in [-0.15, -0.1) is 0 Å². The lowest BCUT2D eigenvalue weighted by Crippen LogP contribution is -2.48. The summed E-state index contributed by atoms with van der Waals surface area (Å²) in [6.45, 7) is 7.04. The standard InChI is InChI=1S/C17H24N4O/c1-17(2,3)15(18)16(22)19-11-13-7-4-5-8-14(13)12-21-10-6-9-20-21/h4-10,15H,11-12,18H2,1-3H3,(H,19,22)/t15-/m1/s1. The van der Waals surface area contributed by atoms with Gasteiger partial charge in [-0.1, -0.05) is 45.0 Å². The Morgan fingerprint density at radius 2 is 1.95 bits per heavy atom. The molecule has 1 atom stereocenters. The molecule has 0 aliphatic rings. The van der Waals surface area contributed by atoms with Gasteiger partial charge in [0.25, 0.3) is 0 Å². The minimum atomic E-state index is -0.522. The predicted molar refractivity (Wildman–Crippen MR) is 87.0 cm³/mol. The number of carbonyl (C=O) groups excluding carboxylic acids is 1. The summed E-state index contributed by atoms with van der Waals surface area (Å²) in [5, 5.41) is 7.15. The average Bonchev–Trinajstić information content (AvgIpc) is 2.97. The number of aromatic nitrogens is 2. The van der Waals surface area contributed by atoms with Gasteiger partial charge in [0.15, 0.2) is 0 Å². The summed E-state index contributed by atoms with van der Waals surface area (Å²) in [5.41, 5.74) is 7.94. The largest absolute Gasteiger partial charge is 0.351 e. The van der Waals surface area contributed by atoms with Crippen molar-refractivity contribution in [2.45, 2.75) is 39.9 Å². The summed E-state index contributed by atoms with van der Waals surface area (Å²) in [6, 6.07) is 9.40. The average molecular weight is 300 g/mol. The van der Waals surface area contributed by atoms with Crippen LogP contribution in [0.1, 0.15) is 31.9 Å². The second kappa shape index (κ2) is 6.75. The highest BCUT2D eigenvalue weighted by Gasteiger charge is 2.27. The van der Waals surface area contributed by atoms with Crippen molar-refractivity contribution in [3.8, 4) is 0 Å². The third-order valence-electron chi connectivity index (χ3n) is 3.68. The number of hydrogen-bond donors (Lipinski definition) is 2. The molecule has 2 rings (SSSR count). The van der Waals surface area contributed by atoms with Crippen LogP contribution < -0.4 is 11.1 Å². The molecule has 1 aromatic carbocycles. The van der Waals surface area contributed by atoms with Gasteiger partial charge in [-0.05, 0) is 22.6 Å². The van der Waals surface area contributed by atoms with Crippen molar-refractivity contribution in [3.63, 3.8) is 0 Å². The molecule has 0 aliphatic carbocycles. The molecular formula is C17H24N4O. The van der Waals surface area contributed by atoms with Crippen LogP contribution in [0.2, 0.25) is 0 Å². The molecule has 0 spiro atoms. The first-order valence-electron chi connectivity index (χ1n) is 7.45. The Labute approximate surface area is 131 Å². The molecule has 2 aromatic rings. The van der Waals surface area contributed by atoms with E-state index in [0.29, 0.717) is 13.1 Å². The van der Waals surface area contributed by atoms with Crippen LogP contribution in [0.5, 0.6) is 0 Å². The molecule has 0 unspecified atom stereocenters. The van der Waals surface area contributed by atoms with E-state index in [2.05, 4.69) is 10.4 Å². The second-order valence-corrected chi connectivity index (χ2v) is 6.53. The monoisotopic (exact) mass is 300 g/mol. The van der Waals surface area contributed by atoms with Crippen LogP contribution in [-0.4, -0.2) is 21.7 Å². The number of amides is 1. The Balaban J connectivity index is 2.03. The molecule has 1 amide bonds. The zero-order valence-electron chi connectivity index (χ0n) is 13.4. The zero-order chi connectivity index (χ0) is 16.2. The van der Waals surface area contributed by atoms with Gasteiger partial charge in [-0.25, -0.2) is 0 Å². The van der Waals surface area contributed by atoms with Gasteiger partial charge in [0.1, 0.15) is 0 Å². The topological polar surface area (TPSA) is 72.9 Å². The van der Waals surface area contributed by atoms with Crippen molar-refractivity contribution in [1.29, 1.82) is 0 Å². The molecule has 5 nitrogen and oxygen atoms in total. The SMILES string of the molecule is CC(C)(C)[C@H](N)C(=O)NCc1ccccc1Cn1cccn1. The van der Waals surface area contributed by atoms with E-state index in [1.165, 1.54) is 0 Å². The third kappa shape index (κ3) is 4.18. The van der Waals surface area contributed by atoms with E-state index in [0.717, 1.165) is 11.1 Å². The molecule has 0 saturated heterocycles. The first kappa shape index (κ1) is 16.2. The summed E-state index contributed by atoms with van der Waals surface area (Å²) >= 11 is 0. The van der Waals surface area contributed by atoms with Crippen LogP contribution >= 0.6 is 0 Å². The fourth-order valence-electron chi connectivity index (χ4n) is 2.14. The maximum atomic E-state index is 12.1. The van der Waals surface area contributed by atoms with Gasteiger partial charge in [-0.2, -0.15) is 5.10 Å². The highest BCUT2D eigenvalue weighted by atomic mass is 16.2. The number of benzene rings is 1. The summed E-state index contributed by atoms with van der Waals surface area (Å²) in [7, 11) is 0. The minimum absolute atomic E-state index is 0.124. The lowest BCUT2D eigenvalue weighted by molar-refractivity contribution is -0.124. The molecule has 5 heteroatoms. The minimum Gasteiger partial charge on any atom is -0.351 e. The number of rotatable bonds is 5. The molecule has 3 N–H and O–H groups in total. The van der Waals surface area contributed by atoms with E-state index >= 15 is 0 Å². The van der Waals surface area contributed by atoms with Crippen LogP contribution in [0.4, 0.5) is 0 Å². The smallest absolute Gasteiger partial charge is 0.237 e. The Morgan fingerprint density at radius 1 is 1.27 bits per heavy atom. The van der Waals surface area contributed by atoms with Crippen molar-refractivity contribution in [1.82, 2.24) is 15.1 Å². The third-order valence-corrected chi connectivity index (χ3v) is 3.68. The highest BCUT2D eigenvalue weighted by Crippen LogP contribution is 2.17. The molecular weight excluding hydrogens is 276 g/mol. The van der Waals surface area contributed by atoms with Gasteiger partial charge in [0.05, 0.1) is 12.6 Å². The first-order chi connectivity index (χ1) is 10.4. The summed E-state index contributed by atoms with van der Waals surface area (Å²) < 4.78 is 1.86. The Kier molecular flexibility index (Phi) is 4.98. The van der Waals surface area contributed by atoms with E-state index in [1.807, 2.05) is 62.0 Å². The van der Waals surface area contributed by atoms with Crippen LogP contribution in [-0.2, 0) is 17.9 Å². The highest BCUT2D eigenvalue weighted by molar-refractivity contribution is 5.82. The molecule has 1 heterocycles. The van der Waals surface area contributed by atoms with Crippen LogP contribution in [0.15, 0.2) is 42.7 Å². The van der Waals surface area contributed by atoms with Gasteiger partial charge in [-0.3, -0.25) is 9.48 Å². The van der Waals surface area contributed by atoms with Crippen molar-refractivity contribution in [2.75, 3.05) is 0 Å². The van der Waals surface area contributed by atoms with Crippen LogP contribution in [0, 0.1) is 5.41 Å². The fraction of sp³-hybridized carbons (Fsp3) is 0.412. The lowest BCUT2D eigenvalue weighted by Gasteiger charge is -2.26. The van der Waals surface area contributed by atoms with E-state index in [9.17, 15) is 4.79 Å². The van der Waals surface area contributed by atoms with E-state index in [1.54, 1.807) is 6.20 Å². The van der Waals surface area contributed by atoms with Crippen LogP contribution in [0.25, 0.3) is 0 Å². The number of nitrogens with zero attached hydrogens (tertiary/aromatic N) is 2. The quantitative estimate of drug-likeness (QED) is 0.886. The van der Waals surface area contributed by atoms with E-state index < -0.39 is 6.04 Å². The van der Waals surface area contributed by atoms with E-state index in [-0.39, 0.29) is 11.3 Å². The Bertz CT molecular complexity index is 614. The first-order valence-corrected chi connectivity index (χ1v) is 7.45. The molecule has 0 radical (unpaired) electrons. The summed E-state index contributed by atoms with van der Waals surface area (Å²) in [5.74, 6) is -0.124. The number of nitrogens with one attached hydrogen (secondary N) is 1.